The first kappa shape index (κ1) is 16.8. The number of ether oxygens (including phenoxy) is 2. The van der Waals surface area contributed by atoms with E-state index in [1.807, 2.05) is 13.0 Å². The van der Waals surface area contributed by atoms with E-state index in [0.29, 0.717) is 11.4 Å². The van der Waals surface area contributed by atoms with Crippen LogP contribution in [-0.4, -0.2) is 24.4 Å². The van der Waals surface area contributed by atoms with E-state index in [0.717, 1.165) is 5.56 Å². The number of aryl methyl sites for hydroxylation is 1. The van der Waals surface area contributed by atoms with Crippen molar-refractivity contribution in [3.63, 3.8) is 0 Å². The third-order valence-electron chi connectivity index (χ3n) is 2.42. The minimum atomic E-state index is -0.573. The van der Waals surface area contributed by atoms with Gasteiger partial charge in [-0.3, -0.25) is 10.6 Å². The van der Waals surface area contributed by atoms with E-state index >= 15 is 0 Å². The summed E-state index contributed by atoms with van der Waals surface area (Å²) in [5, 5.41) is 5.25. The van der Waals surface area contributed by atoms with Crippen LogP contribution in [-0.2, 0) is 9.47 Å². The molecule has 0 heterocycles. The van der Waals surface area contributed by atoms with Crippen molar-refractivity contribution in [3.8, 4) is 0 Å². The maximum atomic E-state index is 11.7. The molecule has 0 saturated carbocycles. The molecular weight excluding hydrogens is 272 g/mol. The number of carbonyl (C=O) groups is 2. The Morgan fingerprint density at radius 3 is 2.00 bits per heavy atom. The molecule has 0 saturated heterocycles. The van der Waals surface area contributed by atoms with Crippen LogP contribution in [0.2, 0.25) is 0 Å². The van der Waals surface area contributed by atoms with Crippen LogP contribution >= 0.6 is 0 Å². The summed E-state index contributed by atoms with van der Waals surface area (Å²) in [7, 11) is 0. The van der Waals surface area contributed by atoms with Crippen LogP contribution in [0.4, 0.5) is 21.0 Å². The summed E-state index contributed by atoms with van der Waals surface area (Å²) >= 11 is 0. The van der Waals surface area contributed by atoms with Crippen LogP contribution in [0.1, 0.15) is 33.3 Å². The Labute approximate surface area is 124 Å². The molecule has 0 aromatic heterocycles. The molecule has 6 heteroatoms. The Balaban J connectivity index is 2.87. The van der Waals surface area contributed by atoms with Gasteiger partial charge < -0.3 is 9.47 Å². The van der Waals surface area contributed by atoms with Gasteiger partial charge in [0.25, 0.3) is 0 Å². The molecule has 1 aromatic rings. The van der Waals surface area contributed by atoms with E-state index in [1.165, 1.54) is 0 Å². The fourth-order valence-corrected chi connectivity index (χ4v) is 1.64. The van der Waals surface area contributed by atoms with Gasteiger partial charge in [0.2, 0.25) is 0 Å². The van der Waals surface area contributed by atoms with E-state index in [-0.39, 0.29) is 12.2 Å². The minimum absolute atomic E-state index is 0.225. The Morgan fingerprint density at radius 2 is 1.48 bits per heavy atom. The van der Waals surface area contributed by atoms with Crippen LogP contribution < -0.4 is 10.6 Å². The van der Waals surface area contributed by atoms with E-state index < -0.39 is 12.2 Å². The SMILES string of the molecule is Cc1cccc(NC(=O)OC(C)C)c1NC(=O)OC(C)C. The average molecular weight is 294 g/mol. The summed E-state index contributed by atoms with van der Waals surface area (Å²) in [6.45, 7) is 8.86. The zero-order valence-electron chi connectivity index (χ0n) is 13.0. The predicted octanol–water partition coefficient (Wildman–Crippen LogP) is 3.91. The second-order valence-corrected chi connectivity index (χ2v) is 5.16. The Bertz CT molecular complexity index is 512. The lowest BCUT2D eigenvalue weighted by molar-refractivity contribution is 0.128. The normalized spacial score (nSPS) is 10.4. The standard InChI is InChI=1S/C15H22N2O4/c1-9(2)20-14(18)16-12-8-6-7-11(5)13(12)17-15(19)21-10(3)4/h6-10H,1-5H3,(H,16,18)(H,17,19). The van der Waals surface area contributed by atoms with E-state index in [4.69, 9.17) is 9.47 Å². The highest BCUT2D eigenvalue weighted by Gasteiger charge is 2.14. The number of hydrogen-bond acceptors (Lipinski definition) is 4. The number of rotatable bonds is 4. The molecule has 0 atom stereocenters. The quantitative estimate of drug-likeness (QED) is 0.882. The lowest BCUT2D eigenvalue weighted by Crippen LogP contribution is -2.22. The van der Waals surface area contributed by atoms with Gasteiger partial charge in [-0.15, -0.1) is 0 Å². The van der Waals surface area contributed by atoms with Crippen molar-refractivity contribution in [3.05, 3.63) is 23.8 Å². The lowest BCUT2D eigenvalue weighted by atomic mass is 10.1. The molecule has 1 rings (SSSR count). The minimum Gasteiger partial charge on any atom is -0.447 e. The summed E-state index contributed by atoms with van der Waals surface area (Å²) in [6, 6.07) is 5.28. The summed E-state index contributed by atoms with van der Waals surface area (Å²) in [5.41, 5.74) is 1.75. The average Bonchev–Trinajstić information content (AvgIpc) is 2.31. The highest BCUT2D eigenvalue weighted by atomic mass is 16.6. The third-order valence-corrected chi connectivity index (χ3v) is 2.42. The molecule has 2 amide bonds. The van der Waals surface area contributed by atoms with Crippen molar-refractivity contribution in [1.29, 1.82) is 0 Å². The number of para-hydroxylation sites is 1. The van der Waals surface area contributed by atoms with Gasteiger partial charge in [0.1, 0.15) is 0 Å². The number of anilines is 2. The highest BCUT2D eigenvalue weighted by molar-refractivity contribution is 5.96. The number of amides is 2. The molecule has 0 aliphatic carbocycles. The smallest absolute Gasteiger partial charge is 0.411 e. The monoisotopic (exact) mass is 294 g/mol. The number of carbonyl (C=O) groups excluding carboxylic acids is 2. The van der Waals surface area contributed by atoms with Gasteiger partial charge in [0.05, 0.1) is 23.6 Å². The van der Waals surface area contributed by atoms with Crippen molar-refractivity contribution in [1.82, 2.24) is 0 Å². The van der Waals surface area contributed by atoms with Gasteiger partial charge in [0, 0.05) is 0 Å². The zero-order valence-corrected chi connectivity index (χ0v) is 13.0. The largest absolute Gasteiger partial charge is 0.447 e. The molecule has 116 valence electrons. The Morgan fingerprint density at radius 1 is 0.952 bits per heavy atom. The van der Waals surface area contributed by atoms with Crippen LogP contribution in [0, 0.1) is 6.92 Å². The summed E-state index contributed by atoms with van der Waals surface area (Å²) in [5.74, 6) is 0. The second kappa shape index (κ2) is 7.52. The van der Waals surface area contributed by atoms with Crippen molar-refractivity contribution in [2.45, 2.75) is 46.8 Å². The molecule has 1 aromatic carbocycles. The van der Waals surface area contributed by atoms with Crippen molar-refractivity contribution >= 4 is 23.6 Å². The van der Waals surface area contributed by atoms with Crippen molar-refractivity contribution < 1.29 is 19.1 Å². The molecule has 0 aliphatic rings. The van der Waals surface area contributed by atoms with Gasteiger partial charge in [0.15, 0.2) is 0 Å². The summed E-state index contributed by atoms with van der Waals surface area (Å²) in [4.78, 5) is 23.4. The van der Waals surface area contributed by atoms with Crippen LogP contribution in [0.25, 0.3) is 0 Å². The summed E-state index contributed by atoms with van der Waals surface area (Å²) < 4.78 is 10.1. The predicted molar refractivity (Wildman–Crippen MR) is 81.7 cm³/mol. The van der Waals surface area contributed by atoms with Crippen molar-refractivity contribution in [2.24, 2.45) is 0 Å². The van der Waals surface area contributed by atoms with Gasteiger partial charge in [-0.25, -0.2) is 9.59 Å². The second-order valence-electron chi connectivity index (χ2n) is 5.16. The van der Waals surface area contributed by atoms with Crippen LogP contribution in [0.15, 0.2) is 18.2 Å². The van der Waals surface area contributed by atoms with Gasteiger partial charge >= 0.3 is 12.2 Å². The van der Waals surface area contributed by atoms with E-state index in [2.05, 4.69) is 10.6 Å². The molecule has 0 unspecified atom stereocenters. The Hall–Kier alpha value is -2.24. The van der Waals surface area contributed by atoms with E-state index in [9.17, 15) is 9.59 Å². The maximum absolute atomic E-state index is 11.7. The van der Waals surface area contributed by atoms with Crippen LogP contribution in [0.3, 0.4) is 0 Å². The highest BCUT2D eigenvalue weighted by Crippen LogP contribution is 2.26. The third kappa shape index (κ3) is 5.72. The molecule has 0 radical (unpaired) electrons. The molecule has 6 nitrogen and oxygen atoms in total. The first-order valence-corrected chi connectivity index (χ1v) is 6.84. The molecule has 2 N–H and O–H groups in total. The fraction of sp³-hybridized carbons (Fsp3) is 0.467. The molecule has 0 fully saturated rings. The summed E-state index contributed by atoms with van der Waals surface area (Å²) in [6.07, 6.45) is -1.59. The maximum Gasteiger partial charge on any atom is 0.411 e. The molecule has 0 bridgehead atoms. The van der Waals surface area contributed by atoms with Crippen molar-refractivity contribution in [2.75, 3.05) is 10.6 Å². The van der Waals surface area contributed by atoms with Gasteiger partial charge in [-0.05, 0) is 46.2 Å². The molecule has 21 heavy (non-hydrogen) atoms. The number of hydrogen-bond donors (Lipinski definition) is 2. The molecular formula is C15H22N2O4. The molecule has 0 aliphatic heterocycles. The number of benzene rings is 1. The Kier molecular flexibility index (Phi) is 6.02. The zero-order chi connectivity index (χ0) is 16.0. The van der Waals surface area contributed by atoms with E-state index in [1.54, 1.807) is 39.8 Å². The lowest BCUT2D eigenvalue weighted by Gasteiger charge is -2.16. The van der Waals surface area contributed by atoms with Gasteiger partial charge in [-0.2, -0.15) is 0 Å². The topological polar surface area (TPSA) is 76.7 Å². The van der Waals surface area contributed by atoms with Crippen LogP contribution in [0.5, 0.6) is 0 Å². The van der Waals surface area contributed by atoms with Gasteiger partial charge in [-0.1, -0.05) is 12.1 Å². The molecule has 0 spiro atoms. The first-order valence-electron chi connectivity index (χ1n) is 6.84. The fourth-order valence-electron chi connectivity index (χ4n) is 1.64. The first-order chi connectivity index (χ1) is 9.79. The number of nitrogens with one attached hydrogen (secondary N) is 2.